The second-order valence-electron chi connectivity index (χ2n) is 2.94. The highest BCUT2D eigenvalue weighted by atomic mass is 32.2. The highest BCUT2D eigenvalue weighted by molar-refractivity contribution is 8.03. The first-order chi connectivity index (χ1) is 6.59. The molecule has 0 bridgehead atoms. The van der Waals surface area contributed by atoms with E-state index in [1.54, 1.807) is 11.8 Å². The highest BCUT2D eigenvalue weighted by Gasteiger charge is 2.14. The van der Waals surface area contributed by atoms with Crippen LogP contribution >= 0.6 is 11.8 Å². The van der Waals surface area contributed by atoms with Gasteiger partial charge < -0.3 is 16.0 Å². The van der Waals surface area contributed by atoms with E-state index in [1.165, 1.54) is 6.08 Å². The standard InChI is InChI=1S/C8H13N3O2S/c1-11-2-3-14-8(11)4-7(13)10-5-6(9)12/h4H,2-3,5H2,1H3,(H2,9,12)(H,10,13)/b8-4-. The van der Waals surface area contributed by atoms with E-state index in [4.69, 9.17) is 5.73 Å². The summed E-state index contributed by atoms with van der Waals surface area (Å²) in [7, 11) is 1.92. The van der Waals surface area contributed by atoms with Crippen molar-refractivity contribution in [1.82, 2.24) is 10.2 Å². The van der Waals surface area contributed by atoms with Gasteiger partial charge in [-0.3, -0.25) is 9.59 Å². The van der Waals surface area contributed by atoms with E-state index in [1.807, 2.05) is 11.9 Å². The van der Waals surface area contributed by atoms with Crippen molar-refractivity contribution in [1.29, 1.82) is 0 Å². The Hall–Kier alpha value is -1.17. The molecule has 0 saturated carbocycles. The molecule has 2 amide bonds. The lowest BCUT2D eigenvalue weighted by molar-refractivity contribution is -0.122. The molecule has 1 fully saturated rings. The van der Waals surface area contributed by atoms with Crippen LogP contribution in [-0.4, -0.2) is 42.6 Å². The normalized spacial score (nSPS) is 18.6. The van der Waals surface area contributed by atoms with Crippen LogP contribution in [0.25, 0.3) is 0 Å². The van der Waals surface area contributed by atoms with Crippen molar-refractivity contribution in [3.63, 3.8) is 0 Å². The fourth-order valence-electron chi connectivity index (χ4n) is 0.997. The van der Waals surface area contributed by atoms with Crippen LogP contribution in [0.15, 0.2) is 11.1 Å². The van der Waals surface area contributed by atoms with E-state index in [0.717, 1.165) is 17.3 Å². The number of nitrogens with zero attached hydrogens (tertiary/aromatic N) is 1. The number of nitrogens with one attached hydrogen (secondary N) is 1. The molecule has 1 heterocycles. The molecule has 5 nitrogen and oxygen atoms in total. The topological polar surface area (TPSA) is 75.4 Å². The maximum absolute atomic E-state index is 11.2. The molecule has 0 aromatic rings. The first-order valence-corrected chi connectivity index (χ1v) is 5.20. The Morgan fingerprint density at radius 2 is 2.43 bits per heavy atom. The zero-order valence-electron chi connectivity index (χ0n) is 7.95. The first kappa shape index (κ1) is 10.9. The van der Waals surface area contributed by atoms with Crippen LogP contribution in [-0.2, 0) is 9.59 Å². The van der Waals surface area contributed by atoms with Gasteiger partial charge in [-0.25, -0.2) is 0 Å². The van der Waals surface area contributed by atoms with Gasteiger partial charge >= 0.3 is 0 Å². The second kappa shape index (κ2) is 4.90. The molecular weight excluding hydrogens is 202 g/mol. The Labute approximate surface area is 86.7 Å². The van der Waals surface area contributed by atoms with Crippen LogP contribution in [0.1, 0.15) is 0 Å². The van der Waals surface area contributed by atoms with E-state index in [2.05, 4.69) is 5.32 Å². The fourth-order valence-corrected chi connectivity index (χ4v) is 2.07. The predicted octanol–water partition coefficient (Wildman–Crippen LogP) is -0.892. The molecule has 78 valence electrons. The van der Waals surface area contributed by atoms with Crippen molar-refractivity contribution >= 4 is 23.6 Å². The van der Waals surface area contributed by atoms with Gasteiger partial charge in [-0.05, 0) is 0 Å². The monoisotopic (exact) mass is 215 g/mol. The lowest BCUT2D eigenvalue weighted by Gasteiger charge is -2.10. The molecule has 6 heteroatoms. The van der Waals surface area contributed by atoms with Crippen LogP contribution in [0.5, 0.6) is 0 Å². The van der Waals surface area contributed by atoms with Gasteiger partial charge in [-0.15, -0.1) is 11.8 Å². The summed E-state index contributed by atoms with van der Waals surface area (Å²) >= 11 is 1.62. The average molecular weight is 215 g/mol. The lowest BCUT2D eigenvalue weighted by atomic mass is 10.5. The van der Waals surface area contributed by atoms with Crippen molar-refractivity contribution in [3.8, 4) is 0 Å². The molecule has 0 aliphatic carbocycles. The summed E-state index contributed by atoms with van der Waals surface area (Å²) in [6.07, 6.45) is 1.49. The summed E-state index contributed by atoms with van der Waals surface area (Å²) in [6, 6.07) is 0. The molecule has 1 aliphatic rings. The van der Waals surface area contributed by atoms with E-state index in [0.29, 0.717) is 0 Å². The molecule has 0 atom stereocenters. The minimum atomic E-state index is -0.538. The van der Waals surface area contributed by atoms with Crippen molar-refractivity contribution in [2.24, 2.45) is 5.73 Å². The van der Waals surface area contributed by atoms with Crippen molar-refractivity contribution < 1.29 is 9.59 Å². The molecule has 14 heavy (non-hydrogen) atoms. The van der Waals surface area contributed by atoms with Gasteiger partial charge in [0, 0.05) is 25.4 Å². The van der Waals surface area contributed by atoms with Gasteiger partial charge in [-0.2, -0.15) is 0 Å². The van der Waals surface area contributed by atoms with Gasteiger partial charge in [-0.1, -0.05) is 0 Å². The minimum Gasteiger partial charge on any atom is -0.368 e. The van der Waals surface area contributed by atoms with E-state index >= 15 is 0 Å². The van der Waals surface area contributed by atoms with Gasteiger partial charge in [0.25, 0.3) is 0 Å². The highest BCUT2D eigenvalue weighted by Crippen LogP contribution is 2.25. The summed E-state index contributed by atoms with van der Waals surface area (Å²) < 4.78 is 0. The van der Waals surface area contributed by atoms with Crippen LogP contribution in [0, 0.1) is 0 Å². The van der Waals surface area contributed by atoms with Crippen LogP contribution in [0.3, 0.4) is 0 Å². The Kier molecular flexibility index (Phi) is 3.82. The van der Waals surface area contributed by atoms with Crippen LogP contribution in [0.2, 0.25) is 0 Å². The third-order valence-electron chi connectivity index (χ3n) is 1.74. The van der Waals surface area contributed by atoms with E-state index in [-0.39, 0.29) is 12.5 Å². The summed E-state index contributed by atoms with van der Waals surface area (Å²) in [5.74, 6) is 0.176. The van der Waals surface area contributed by atoms with Gasteiger partial charge in [0.1, 0.15) is 0 Å². The summed E-state index contributed by atoms with van der Waals surface area (Å²) in [5, 5.41) is 3.32. The Bertz CT molecular complexity index is 278. The maximum Gasteiger partial charge on any atom is 0.247 e. The molecule has 0 spiro atoms. The number of carbonyl (C=O) groups excluding carboxylic acids is 2. The number of amides is 2. The Balaban J connectivity index is 2.42. The third-order valence-corrected chi connectivity index (χ3v) is 2.86. The minimum absolute atomic E-state index is 0.114. The smallest absolute Gasteiger partial charge is 0.247 e. The number of thioether (sulfide) groups is 1. The summed E-state index contributed by atoms with van der Waals surface area (Å²) in [5.41, 5.74) is 4.89. The van der Waals surface area contributed by atoms with Crippen molar-refractivity contribution in [3.05, 3.63) is 11.1 Å². The van der Waals surface area contributed by atoms with E-state index in [9.17, 15) is 9.59 Å². The van der Waals surface area contributed by atoms with Gasteiger partial charge in [0.15, 0.2) is 0 Å². The first-order valence-electron chi connectivity index (χ1n) is 4.21. The number of hydrogen-bond donors (Lipinski definition) is 2. The number of nitrogens with two attached hydrogens (primary N) is 1. The Morgan fingerprint density at radius 1 is 1.71 bits per heavy atom. The lowest BCUT2D eigenvalue weighted by Crippen LogP contribution is -2.32. The molecule has 1 rings (SSSR count). The molecule has 0 unspecified atom stereocenters. The number of rotatable bonds is 3. The predicted molar refractivity (Wildman–Crippen MR) is 55.4 cm³/mol. The SMILES string of the molecule is CN1CCS/C1=C\C(=O)NCC(N)=O. The molecule has 0 aromatic carbocycles. The van der Waals surface area contributed by atoms with Crippen LogP contribution in [0.4, 0.5) is 0 Å². The van der Waals surface area contributed by atoms with Gasteiger partial charge in [0.05, 0.1) is 11.6 Å². The number of carbonyl (C=O) groups is 2. The van der Waals surface area contributed by atoms with Crippen LogP contribution < -0.4 is 11.1 Å². The number of hydrogen-bond acceptors (Lipinski definition) is 4. The molecule has 1 saturated heterocycles. The molecule has 0 aromatic heterocycles. The number of primary amides is 1. The van der Waals surface area contributed by atoms with Gasteiger partial charge in [0.2, 0.25) is 11.8 Å². The summed E-state index contributed by atoms with van der Waals surface area (Å²) in [4.78, 5) is 23.6. The zero-order chi connectivity index (χ0) is 10.6. The van der Waals surface area contributed by atoms with Crippen molar-refractivity contribution in [2.75, 3.05) is 25.9 Å². The third kappa shape index (κ3) is 3.29. The Morgan fingerprint density at radius 3 is 2.93 bits per heavy atom. The fraction of sp³-hybridized carbons (Fsp3) is 0.500. The zero-order valence-corrected chi connectivity index (χ0v) is 8.76. The average Bonchev–Trinajstić information content (AvgIpc) is 2.49. The summed E-state index contributed by atoms with van der Waals surface area (Å²) in [6.45, 7) is 0.830. The van der Waals surface area contributed by atoms with Crippen molar-refractivity contribution in [2.45, 2.75) is 0 Å². The largest absolute Gasteiger partial charge is 0.368 e. The molecule has 0 radical (unpaired) electrons. The quantitative estimate of drug-likeness (QED) is 0.599. The maximum atomic E-state index is 11.2. The molecule has 3 N–H and O–H groups in total. The molecule has 1 aliphatic heterocycles. The molecular formula is C8H13N3O2S. The van der Waals surface area contributed by atoms with E-state index < -0.39 is 5.91 Å². The second-order valence-corrected chi connectivity index (χ2v) is 4.05.